The van der Waals surface area contributed by atoms with E-state index in [2.05, 4.69) is 73.7 Å². The summed E-state index contributed by atoms with van der Waals surface area (Å²) < 4.78 is 15.3. The van der Waals surface area contributed by atoms with E-state index in [1.165, 1.54) is 42.2 Å². The normalized spacial score (nSPS) is 9.81. The molecule has 0 unspecified atom stereocenters. The second-order valence-corrected chi connectivity index (χ2v) is 8.71. The highest BCUT2D eigenvalue weighted by Crippen LogP contribution is 2.28. The van der Waals surface area contributed by atoms with Crippen molar-refractivity contribution < 1.29 is 23.8 Å². The minimum atomic E-state index is -0.338. The summed E-state index contributed by atoms with van der Waals surface area (Å²) in [5.74, 6) is 0.661. The van der Waals surface area contributed by atoms with Crippen LogP contribution in [-0.4, -0.2) is 38.3 Å². The first-order chi connectivity index (χ1) is 17.1. The molecule has 0 aliphatic carbocycles. The number of rotatable bonds is 9. The van der Waals surface area contributed by atoms with E-state index in [1.54, 1.807) is 0 Å². The Hall–Kier alpha value is -2.86. The third kappa shape index (κ3) is 17.6. The number of carbonyl (C=O) groups is 2. The standard InChI is InChI=1S/C20H26O.C7H14O3.C2H6.CH3NO/c1-4-6-7-14-21-19-12-13-20(17(5-2)15-19)18-10-8-16(3)9-11-18;1-7(2,3)10-5-6(8)9-4;1-2;2-1-3/h8-13,15H,4-7,14H2,1-3H3;5H2,1-4H3;1-2H3;1H,(H2,2,3). The van der Waals surface area contributed by atoms with Gasteiger partial charge in [-0.25, -0.2) is 4.79 Å². The first-order valence-electron chi connectivity index (χ1n) is 12.8. The first kappa shape index (κ1) is 35.3. The molecule has 6 heteroatoms. The molecule has 0 fully saturated rings. The zero-order valence-corrected chi connectivity index (χ0v) is 24.0. The fraction of sp³-hybridized carbons (Fsp3) is 0.533. The lowest BCUT2D eigenvalue weighted by Gasteiger charge is -2.17. The van der Waals surface area contributed by atoms with Crippen LogP contribution in [0.15, 0.2) is 42.5 Å². The van der Waals surface area contributed by atoms with Crippen molar-refractivity contribution in [3.05, 3.63) is 53.6 Å². The zero-order chi connectivity index (χ0) is 28.0. The molecule has 0 heterocycles. The van der Waals surface area contributed by atoms with Crippen LogP contribution >= 0.6 is 0 Å². The third-order valence-electron chi connectivity index (χ3n) is 4.69. The minimum absolute atomic E-state index is 0.0278. The van der Waals surface area contributed by atoms with Crippen molar-refractivity contribution in [2.24, 2.45) is 5.73 Å². The number of methoxy groups -OCH3 is 1. The molecule has 0 aliphatic rings. The van der Waals surface area contributed by atoms with Crippen molar-refractivity contribution in [3.63, 3.8) is 0 Å². The quantitative estimate of drug-likeness (QED) is 0.228. The molecule has 0 saturated heterocycles. The molecule has 0 spiro atoms. The van der Waals surface area contributed by atoms with Gasteiger partial charge >= 0.3 is 5.97 Å². The van der Waals surface area contributed by atoms with Crippen molar-refractivity contribution in [2.45, 2.75) is 86.7 Å². The van der Waals surface area contributed by atoms with E-state index in [0.29, 0.717) is 0 Å². The summed E-state index contributed by atoms with van der Waals surface area (Å²) >= 11 is 0. The minimum Gasteiger partial charge on any atom is -0.494 e. The highest BCUT2D eigenvalue weighted by atomic mass is 16.6. The predicted molar refractivity (Wildman–Crippen MR) is 150 cm³/mol. The Kier molecular flexibility index (Phi) is 21.0. The van der Waals surface area contributed by atoms with E-state index in [0.717, 1.165) is 25.2 Å². The molecule has 2 rings (SSSR count). The number of amides is 1. The molecule has 0 radical (unpaired) electrons. The highest BCUT2D eigenvalue weighted by molar-refractivity contribution is 5.70. The second kappa shape index (κ2) is 21.4. The number of primary amides is 1. The van der Waals surface area contributed by atoms with Gasteiger partial charge in [0.1, 0.15) is 12.4 Å². The number of hydrogen-bond donors (Lipinski definition) is 1. The largest absolute Gasteiger partial charge is 0.494 e. The fourth-order valence-electron chi connectivity index (χ4n) is 2.84. The Morgan fingerprint density at radius 3 is 2.06 bits per heavy atom. The lowest BCUT2D eigenvalue weighted by atomic mass is 9.97. The van der Waals surface area contributed by atoms with Gasteiger partial charge in [-0.1, -0.05) is 76.4 Å². The van der Waals surface area contributed by atoms with Crippen molar-refractivity contribution in [1.82, 2.24) is 0 Å². The Bertz CT molecular complexity index is 826. The fourth-order valence-corrected chi connectivity index (χ4v) is 2.84. The lowest BCUT2D eigenvalue weighted by molar-refractivity contribution is -0.150. The van der Waals surface area contributed by atoms with E-state index in [4.69, 9.17) is 14.3 Å². The maximum absolute atomic E-state index is 10.5. The van der Waals surface area contributed by atoms with Gasteiger partial charge in [-0.2, -0.15) is 0 Å². The van der Waals surface area contributed by atoms with E-state index < -0.39 is 0 Å². The number of benzene rings is 2. The molecular formula is C30H49NO5. The molecule has 2 N–H and O–H groups in total. The molecular weight excluding hydrogens is 454 g/mol. The van der Waals surface area contributed by atoms with E-state index in [9.17, 15) is 4.79 Å². The van der Waals surface area contributed by atoms with Gasteiger partial charge in [-0.15, -0.1) is 0 Å². The number of aryl methyl sites for hydroxylation is 2. The number of hydrogen-bond acceptors (Lipinski definition) is 5. The predicted octanol–water partition coefficient (Wildman–Crippen LogP) is 6.90. The molecule has 0 aromatic heterocycles. The molecule has 6 nitrogen and oxygen atoms in total. The summed E-state index contributed by atoms with van der Waals surface area (Å²) in [5.41, 5.74) is 9.15. The van der Waals surface area contributed by atoms with Crippen LogP contribution in [0.2, 0.25) is 0 Å². The summed E-state index contributed by atoms with van der Waals surface area (Å²) in [6.45, 7) is 17.0. The summed E-state index contributed by atoms with van der Waals surface area (Å²) in [5, 5.41) is 0. The molecule has 36 heavy (non-hydrogen) atoms. The van der Waals surface area contributed by atoms with Crippen molar-refractivity contribution in [2.75, 3.05) is 20.3 Å². The smallest absolute Gasteiger partial charge is 0.331 e. The van der Waals surface area contributed by atoms with Crippen LogP contribution in [0.5, 0.6) is 5.75 Å². The first-order valence-corrected chi connectivity index (χ1v) is 12.8. The summed E-state index contributed by atoms with van der Waals surface area (Å²) in [6, 6.07) is 15.2. The van der Waals surface area contributed by atoms with Crippen molar-refractivity contribution in [1.29, 1.82) is 0 Å². The third-order valence-corrected chi connectivity index (χ3v) is 4.69. The van der Waals surface area contributed by atoms with Gasteiger partial charge < -0.3 is 19.9 Å². The molecule has 0 atom stereocenters. The SMILES string of the molecule is CC.CCCCCOc1ccc(-c2ccc(C)cc2)c(CC)c1.COC(=O)COC(C)(C)C.NC=O. The number of ether oxygens (including phenoxy) is 3. The average molecular weight is 504 g/mol. The summed E-state index contributed by atoms with van der Waals surface area (Å²) in [4.78, 5) is 19.1. The van der Waals surface area contributed by atoms with Crippen LogP contribution in [0.25, 0.3) is 11.1 Å². The summed E-state index contributed by atoms with van der Waals surface area (Å²) in [7, 11) is 1.34. The number of nitrogens with two attached hydrogens (primary N) is 1. The topological polar surface area (TPSA) is 87.8 Å². The molecule has 204 valence electrons. The van der Waals surface area contributed by atoms with Gasteiger partial charge in [-0.3, -0.25) is 4.79 Å². The molecule has 1 amide bonds. The van der Waals surface area contributed by atoms with E-state index >= 15 is 0 Å². The molecule has 2 aromatic carbocycles. The van der Waals surface area contributed by atoms with Gasteiger partial charge in [0, 0.05) is 0 Å². The van der Waals surface area contributed by atoms with Crippen molar-refractivity contribution in [3.8, 4) is 16.9 Å². The van der Waals surface area contributed by atoms with Crippen LogP contribution in [0.4, 0.5) is 0 Å². The monoisotopic (exact) mass is 503 g/mol. The molecule has 0 bridgehead atoms. The van der Waals surface area contributed by atoms with Gasteiger partial charge in [-0.05, 0) is 69.4 Å². The molecule has 2 aromatic rings. The Labute approximate surface area is 219 Å². The van der Waals surface area contributed by atoms with Crippen LogP contribution in [0.3, 0.4) is 0 Å². The Morgan fingerprint density at radius 1 is 1.00 bits per heavy atom. The lowest BCUT2D eigenvalue weighted by Crippen LogP contribution is -2.24. The maximum Gasteiger partial charge on any atom is 0.331 e. The maximum atomic E-state index is 10.5. The summed E-state index contributed by atoms with van der Waals surface area (Å²) in [6.07, 6.45) is 4.88. The van der Waals surface area contributed by atoms with E-state index in [1.807, 2.05) is 34.6 Å². The van der Waals surface area contributed by atoms with Gasteiger partial charge in [0.05, 0.1) is 19.3 Å². The Balaban J connectivity index is 0. The number of unbranched alkanes of at least 4 members (excludes halogenated alkanes) is 2. The van der Waals surface area contributed by atoms with Gasteiger partial charge in [0.25, 0.3) is 0 Å². The molecule has 0 aliphatic heterocycles. The highest BCUT2D eigenvalue weighted by Gasteiger charge is 2.12. The number of esters is 1. The Morgan fingerprint density at radius 2 is 1.58 bits per heavy atom. The van der Waals surface area contributed by atoms with Crippen LogP contribution in [0, 0.1) is 6.92 Å². The van der Waals surface area contributed by atoms with Crippen molar-refractivity contribution >= 4 is 12.4 Å². The van der Waals surface area contributed by atoms with Gasteiger partial charge in [0.2, 0.25) is 6.41 Å². The van der Waals surface area contributed by atoms with Crippen LogP contribution < -0.4 is 10.5 Å². The van der Waals surface area contributed by atoms with Crippen LogP contribution in [0.1, 0.15) is 78.9 Å². The van der Waals surface area contributed by atoms with Gasteiger partial charge in [0.15, 0.2) is 0 Å². The van der Waals surface area contributed by atoms with E-state index in [-0.39, 0.29) is 24.6 Å². The average Bonchev–Trinajstić information content (AvgIpc) is 2.87. The molecule has 0 saturated carbocycles. The zero-order valence-electron chi connectivity index (χ0n) is 24.0. The second-order valence-electron chi connectivity index (χ2n) is 8.71. The number of carbonyl (C=O) groups excluding carboxylic acids is 2. The van der Waals surface area contributed by atoms with Crippen LogP contribution in [-0.2, 0) is 25.5 Å².